The Hall–Kier alpha value is -1.03. The molecule has 0 bridgehead atoms. The van der Waals surface area contributed by atoms with Crippen molar-refractivity contribution in [3.63, 3.8) is 0 Å². The number of hydrogen-bond donors (Lipinski definition) is 1. The minimum Gasteiger partial charge on any atom is -0.495 e. The van der Waals surface area contributed by atoms with Gasteiger partial charge in [-0.2, -0.15) is 0 Å². The molecule has 120 valence electrons. The van der Waals surface area contributed by atoms with E-state index < -0.39 is 5.97 Å². The maximum absolute atomic E-state index is 11.3. The van der Waals surface area contributed by atoms with Gasteiger partial charge in [-0.3, -0.25) is 4.79 Å². The summed E-state index contributed by atoms with van der Waals surface area (Å²) in [5.41, 5.74) is 3.85. The molecule has 1 fully saturated rings. The fourth-order valence-corrected chi connectivity index (χ4v) is 4.58. The van der Waals surface area contributed by atoms with Crippen LogP contribution in [-0.2, 0) is 17.6 Å². The van der Waals surface area contributed by atoms with Crippen molar-refractivity contribution in [1.29, 1.82) is 0 Å². The molecule has 2 aliphatic carbocycles. The lowest BCUT2D eigenvalue weighted by Crippen LogP contribution is -2.11. The second-order valence-electron chi connectivity index (χ2n) is 6.55. The summed E-state index contributed by atoms with van der Waals surface area (Å²) in [7, 11) is 1.69. The van der Waals surface area contributed by atoms with Crippen molar-refractivity contribution in [2.75, 3.05) is 7.11 Å². The van der Waals surface area contributed by atoms with Gasteiger partial charge in [0.05, 0.1) is 18.0 Å². The van der Waals surface area contributed by atoms with Crippen LogP contribution in [0.1, 0.15) is 61.1 Å². The van der Waals surface area contributed by atoms with Gasteiger partial charge in [0.1, 0.15) is 5.75 Å². The number of rotatable bonds is 5. The summed E-state index contributed by atoms with van der Waals surface area (Å²) in [6.07, 6.45) is 8.35. The molecule has 0 aromatic heterocycles. The molecule has 4 heteroatoms. The van der Waals surface area contributed by atoms with Crippen molar-refractivity contribution in [3.05, 3.63) is 27.2 Å². The van der Waals surface area contributed by atoms with Gasteiger partial charge in [-0.05, 0) is 77.1 Å². The highest BCUT2D eigenvalue weighted by Crippen LogP contribution is 2.50. The average Bonchev–Trinajstić information content (AvgIpc) is 3.31. The highest BCUT2D eigenvalue weighted by atomic mass is 79.9. The van der Waals surface area contributed by atoms with Crippen LogP contribution in [0.15, 0.2) is 10.5 Å². The van der Waals surface area contributed by atoms with Gasteiger partial charge in [-0.25, -0.2) is 0 Å². The van der Waals surface area contributed by atoms with E-state index in [-0.39, 0.29) is 12.3 Å². The Bertz CT molecular complexity index is 578. The molecule has 1 saturated carbocycles. The fraction of sp³-hybridized carbons (Fsp3) is 0.611. The van der Waals surface area contributed by atoms with Gasteiger partial charge in [0.2, 0.25) is 0 Å². The van der Waals surface area contributed by atoms with Crippen LogP contribution >= 0.6 is 15.9 Å². The van der Waals surface area contributed by atoms with Gasteiger partial charge in [0, 0.05) is 5.92 Å². The molecule has 2 aliphatic rings. The van der Waals surface area contributed by atoms with E-state index in [1.54, 1.807) is 7.11 Å². The Labute approximate surface area is 140 Å². The standard InChI is InChI=1S/C18H23BrO3/c1-22-18-15(14(10-16(20)21)11-7-8-11)9-12-5-3-2-4-6-13(12)17(18)19/h9,11,14H,2-8,10H2,1H3,(H,20,21). The van der Waals surface area contributed by atoms with E-state index in [0.717, 1.165) is 41.5 Å². The molecule has 22 heavy (non-hydrogen) atoms. The summed E-state index contributed by atoms with van der Waals surface area (Å²) in [4.78, 5) is 11.3. The monoisotopic (exact) mass is 366 g/mol. The second-order valence-corrected chi connectivity index (χ2v) is 7.35. The second kappa shape index (κ2) is 6.61. The third-order valence-corrected chi connectivity index (χ3v) is 5.84. The maximum Gasteiger partial charge on any atom is 0.303 e. The molecule has 0 heterocycles. The zero-order chi connectivity index (χ0) is 15.7. The molecule has 0 spiro atoms. The Kier molecular flexibility index (Phi) is 4.76. The van der Waals surface area contributed by atoms with E-state index in [1.165, 1.54) is 30.4 Å². The van der Waals surface area contributed by atoms with E-state index in [0.29, 0.717) is 5.92 Å². The number of fused-ring (bicyclic) bond motifs is 1. The summed E-state index contributed by atoms with van der Waals surface area (Å²) in [5.74, 6) is 0.724. The van der Waals surface area contributed by atoms with Crippen molar-refractivity contribution in [1.82, 2.24) is 0 Å². The molecule has 0 radical (unpaired) electrons. The molecule has 0 saturated heterocycles. The lowest BCUT2D eigenvalue weighted by Gasteiger charge is -2.22. The number of carboxylic acids is 1. The first-order chi connectivity index (χ1) is 10.6. The maximum atomic E-state index is 11.3. The van der Waals surface area contributed by atoms with Gasteiger partial charge in [0.15, 0.2) is 0 Å². The first kappa shape index (κ1) is 15.9. The van der Waals surface area contributed by atoms with Crippen molar-refractivity contribution < 1.29 is 14.6 Å². The zero-order valence-electron chi connectivity index (χ0n) is 13.0. The number of halogens is 1. The molecular formula is C18H23BrO3. The Morgan fingerprint density at radius 2 is 2.09 bits per heavy atom. The van der Waals surface area contributed by atoms with E-state index in [9.17, 15) is 9.90 Å². The van der Waals surface area contributed by atoms with E-state index in [1.807, 2.05) is 0 Å². The summed E-state index contributed by atoms with van der Waals surface area (Å²) >= 11 is 3.74. The molecule has 1 aromatic rings. The summed E-state index contributed by atoms with van der Waals surface area (Å²) in [5, 5.41) is 9.29. The molecule has 1 unspecified atom stereocenters. The molecule has 3 nitrogen and oxygen atoms in total. The number of hydrogen-bond acceptors (Lipinski definition) is 2. The zero-order valence-corrected chi connectivity index (χ0v) is 14.6. The molecule has 1 atom stereocenters. The Morgan fingerprint density at radius 1 is 1.36 bits per heavy atom. The predicted octanol–water partition coefficient (Wildman–Crippen LogP) is 4.69. The summed E-state index contributed by atoms with van der Waals surface area (Å²) < 4.78 is 6.74. The number of carbonyl (C=O) groups is 1. The Balaban J connectivity index is 2.07. The summed E-state index contributed by atoms with van der Waals surface area (Å²) in [6.45, 7) is 0. The van der Waals surface area contributed by atoms with Crippen LogP contribution in [0.4, 0.5) is 0 Å². The number of carboxylic acid groups (broad SMARTS) is 1. The third-order valence-electron chi connectivity index (χ3n) is 5.01. The smallest absolute Gasteiger partial charge is 0.303 e. The lowest BCUT2D eigenvalue weighted by molar-refractivity contribution is -0.137. The van der Waals surface area contributed by atoms with Gasteiger partial charge in [0.25, 0.3) is 0 Å². The van der Waals surface area contributed by atoms with E-state index in [2.05, 4.69) is 22.0 Å². The number of aryl methyl sites for hydroxylation is 1. The highest BCUT2D eigenvalue weighted by molar-refractivity contribution is 9.10. The first-order valence-electron chi connectivity index (χ1n) is 8.21. The quantitative estimate of drug-likeness (QED) is 0.768. The van der Waals surface area contributed by atoms with Gasteiger partial charge < -0.3 is 9.84 Å². The third kappa shape index (κ3) is 3.17. The Morgan fingerprint density at radius 3 is 2.73 bits per heavy atom. The van der Waals surface area contributed by atoms with Crippen molar-refractivity contribution in [2.45, 2.75) is 57.3 Å². The van der Waals surface area contributed by atoms with Gasteiger partial charge >= 0.3 is 5.97 Å². The SMILES string of the molecule is COc1c(C(CC(=O)O)C2CC2)cc2c(c1Br)CCCCC2. The minimum absolute atomic E-state index is 0.0808. The van der Waals surface area contributed by atoms with Crippen LogP contribution < -0.4 is 4.74 Å². The number of benzene rings is 1. The van der Waals surface area contributed by atoms with Crippen LogP contribution in [0.25, 0.3) is 0 Å². The van der Waals surface area contributed by atoms with Crippen molar-refractivity contribution in [3.8, 4) is 5.75 Å². The highest BCUT2D eigenvalue weighted by Gasteiger charge is 2.36. The number of aliphatic carboxylic acids is 1. The minimum atomic E-state index is -0.718. The predicted molar refractivity (Wildman–Crippen MR) is 89.7 cm³/mol. The average molecular weight is 367 g/mol. The molecule has 0 amide bonds. The molecule has 0 aliphatic heterocycles. The largest absolute Gasteiger partial charge is 0.495 e. The molecular weight excluding hydrogens is 344 g/mol. The van der Waals surface area contributed by atoms with Crippen LogP contribution in [0.5, 0.6) is 5.75 Å². The van der Waals surface area contributed by atoms with Crippen molar-refractivity contribution in [2.24, 2.45) is 5.92 Å². The van der Waals surface area contributed by atoms with Crippen molar-refractivity contribution >= 4 is 21.9 Å². The fourth-order valence-electron chi connectivity index (χ4n) is 3.73. The van der Waals surface area contributed by atoms with Crippen LogP contribution in [0.3, 0.4) is 0 Å². The van der Waals surface area contributed by atoms with Crippen LogP contribution in [0, 0.1) is 5.92 Å². The first-order valence-corrected chi connectivity index (χ1v) is 9.01. The van der Waals surface area contributed by atoms with Crippen LogP contribution in [0.2, 0.25) is 0 Å². The number of methoxy groups -OCH3 is 1. The summed E-state index contributed by atoms with van der Waals surface area (Å²) in [6, 6.07) is 2.25. The van der Waals surface area contributed by atoms with Gasteiger partial charge in [-0.15, -0.1) is 0 Å². The van der Waals surface area contributed by atoms with Gasteiger partial charge in [-0.1, -0.05) is 12.5 Å². The molecule has 1 N–H and O–H groups in total. The van der Waals surface area contributed by atoms with E-state index in [4.69, 9.17) is 4.74 Å². The molecule has 1 aromatic carbocycles. The normalized spacial score (nSPS) is 19.2. The van der Waals surface area contributed by atoms with Crippen LogP contribution in [-0.4, -0.2) is 18.2 Å². The molecule has 3 rings (SSSR count). The lowest BCUT2D eigenvalue weighted by atomic mass is 9.87. The topological polar surface area (TPSA) is 46.5 Å². The number of ether oxygens (including phenoxy) is 1. The van der Waals surface area contributed by atoms with E-state index >= 15 is 0 Å².